The lowest BCUT2D eigenvalue weighted by Crippen LogP contribution is -2.10. The van der Waals surface area contributed by atoms with Gasteiger partial charge in [0.05, 0.1) is 0 Å². The fraction of sp³-hybridized carbons (Fsp3) is 0.273. The Bertz CT molecular complexity index is 443. The van der Waals surface area contributed by atoms with Gasteiger partial charge in [-0.15, -0.1) is 0 Å². The summed E-state index contributed by atoms with van der Waals surface area (Å²) in [5.41, 5.74) is 0.775. The van der Waals surface area contributed by atoms with E-state index < -0.39 is 18.0 Å². The number of hydrogen-bond donors (Lipinski definition) is 3. The molecule has 0 amide bonds. The maximum Gasteiger partial charge on any atom is 0.337 e. The highest BCUT2D eigenvalue weighted by molar-refractivity contribution is 6.31. The average molecular weight is 259 g/mol. The van der Waals surface area contributed by atoms with E-state index in [0.717, 1.165) is 0 Å². The Morgan fingerprint density at radius 3 is 2.41 bits per heavy atom. The van der Waals surface area contributed by atoms with Crippen molar-refractivity contribution in [2.45, 2.75) is 18.9 Å². The van der Waals surface area contributed by atoms with Gasteiger partial charge in [-0.25, -0.2) is 4.79 Å². The van der Waals surface area contributed by atoms with Crippen LogP contribution in [0.1, 0.15) is 23.7 Å². The molecule has 17 heavy (non-hydrogen) atoms. The highest BCUT2D eigenvalue weighted by Gasteiger charge is 2.17. The zero-order valence-electron chi connectivity index (χ0n) is 8.76. The lowest BCUT2D eigenvalue weighted by Gasteiger charge is -2.08. The third-order valence-corrected chi connectivity index (χ3v) is 2.59. The van der Waals surface area contributed by atoms with E-state index in [4.69, 9.17) is 21.8 Å². The molecule has 3 N–H and O–H groups in total. The summed E-state index contributed by atoms with van der Waals surface area (Å²) in [6, 6.07) is 4.27. The number of benzene rings is 1. The summed E-state index contributed by atoms with van der Waals surface area (Å²) >= 11 is 5.86. The molecule has 0 aliphatic rings. The molecular weight excluding hydrogens is 248 g/mol. The van der Waals surface area contributed by atoms with Crippen molar-refractivity contribution < 1.29 is 24.9 Å². The summed E-state index contributed by atoms with van der Waals surface area (Å²) in [4.78, 5) is 20.9. The third-order valence-electron chi connectivity index (χ3n) is 2.23. The Kier molecular flexibility index (Phi) is 4.48. The summed E-state index contributed by atoms with van der Waals surface area (Å²) in [5, 5.41) is 26.7. The lowest BCUT2D eigenvalue weighted by atomic mass is 10.0. The van der Waals surface area contributed by atoms with E-state index in [-0.39, 0.29) is 23.4 Å². The quantitative estimate of drug-likeness (QED) is 0.743. The fourth-order valence-electron chi connectivity index (χ4n) is 1.32. The van der Waals surface area contributed by atoms with Crippen LogP contribution in [-0.2, 0) is 16.0 Å². The molecule has 1 aromatic rings. The van der Waals surface area contributed by atoms with Crippen molar-refractivity contribution in [3.05, 3.63) is 34.3 Å². The molecule has 0 bridgehead atoms. The maximum atomic E-state index is 10.5. The molecule has 1 atom stereocenters. The summed E-state index contributed by atoms with van der Waals surface area (Å²) < 4.78 is 0. The number of hydrogen-bond acceptors (Lipinski definition) is 3. The monoisotopic (exact) mass is 258 g/mol. The van der Waals surface area contributed by atoms with Crippen LogP contribution >= 0.6 is 11.6 Å². The standard InChI is InChI=1S/C11H11ClO5/c12-8-5-7(10(15)11(16)17)2-1-6(8)3-4-9(13)14/h1-2,5,10,15H,3-4H2,(H,13,14)(H,16,17). The van der Waals surface area contributed by atoms with Gasteiger partial charge in [0, 0.05) is 11.4 Å². The van der Waals surface area contributed by atoms with Gasteiger partial charge in [-0.05, 0) is 23.6 Å². The second-order valence-electron chi connectivity index (χ2n) is 3.49. The minimum absolute atomic E-state index is 0.0550. The van der Waals surface area contributed by atoms with Gasteiger partial charge in [0.25, 0.3) is 0 Å². The molecule has 0 saturated carbocycles. The van der Waals surface area contributed by atoms with Crippen LogP contribution in [0.5, 0.6) is 0 Å². The summed E-state index contributed by atoms with van der Waals surface area (Å²) in [6.45, 7) is 0. The van der Waals surface area contributed by atoms with Crippen molar-refractivity contribution in [3.63, 3.8) is 0 Å². The van der Waals surface area contributed by atoms with Gasteiger partial charge >= 0.3 is 11.9 Å². The van der Waals surface area contributed by atoms with Gasteiger partial charge in [0.15, 0.2) is 6.10 Å². The number of carbonyl (C=O) groups is 2. The van der Waals surface area contributed by atoms with E-state index in [1.54, 1.807) is 0 Å². The number of carboxylic acid groups (broad SMARTS) is 2. The Labute approximate surface area is 102 Å². The van der Waals surface area contributed by atoms with E-state index >= 15 is 0 Å². The van der Waals surface area contributed by atoms with E-state index in [0.29, 0.717) is 5.56 Å². The molecule has 0 aromatic heterocycles. The molecular formula is C11H11ClO5. The molecule has 0 radical (unpaired) electrons. The molecule has 1 aromatic carbocycles. The SMILES string of the molecule is O=C(O)CCc1ccc(C(O)C(=O)O)cc1Cl. The summed E-state index contributed by atoms with van der Waals surface area (Å²) in [6.07, 6.45) is -1.42. The van der Waals surface area contributed by atoms with Gasteiger partial charge in [-0.1, -0.05) is 23.7 Å². The normalized spacial score (nSPS) is 12.1. The van der Waals surface area contributed by atoms with Crippen LogP contribution in [0.15, 0.2) is 18.2 Å². The van der Waals surface area contributed by atoms with Crippen LogP contribution in [0.25, 0.3) is 0 Å². The molecule has 6 heteroatoms. The lowest BCUT2D eigenvalue weighted by molar-refractivity contribution is -0.147. The molecule has 92 valence electrons. The van der Waals surface area contributed by atoms with Crippen LogP contribution in [-0.4, -0.2) is 27.3 Å². The van der Waals surface area contributed by atoms with Gasteiger partial charge in [-0.2, -0.15) is 0 Å². The van der Waals surface area contributed by atoms with Crippen LogP contribution in [0, 0.1) is 0 Å². The predicted octanol–water partition coefficient (Wildman–Crippen LogP) is 1.48. The van der Waals surface area contributed by atoms with Crippen LogP contribution < -0.4 is 0 Å². The van der Waals surface area contributed by atoms with Gasteiger partial charge in [-0.3, -0.25) is 4.79 Å². The first kappa shape index (κ1) is 13.5. The summed E-state index contributed by atoms with van der Waals surface area (Å²) in [5.74, 6) is -2.30. The smallest absolute Gasteiger partial charge is 0.337 e. The highest BCUT2D eigenvalue weighted by atomic mass is 35.5. The first-order valence-electron chi connectivity index (χ1n) is 4.83. The van der Waals surface area contributed by atoms with E-state index in [1.807, 2.05) is 0 Å². The molecule has 1 unspecified atom stereocenters. The molecule has 0 fully saturated rings. The molecule has 0 spiro atoms. The van der Waals surface area contributed by atoms with E-state index in [2.05, 4.69) is 0 Å². The van der Waals surface area contributed by atoms with Crippen molar-refractivity contribution in [2.24, 2.45) is 0 Å². The van der Waals surface area contributed by atoms with Crippen molar-refractivity contribution in [1.29, 1.82) is 0 Å². The van der Waals surface area contributed by atoms with Crippen LogP contribution in [0.2, 0.25) is 5.02 Å². The molecule has 0 heterocycles. The van der Waals surface area contributed by atoms with E-state index in [9.17, 15) is 14.7 Å². The second kappa shape index (κ2) is 5.65. The first-order chi connectivity index (χ1) is 7.91. The zero-order valence-corrected chi connectivity index (χ0v) is 9.52. The third kappa shape index (κ3) is 3.72. The number of aliphatic hydroxyl groups excluding tert-OH is 1. The Hall–Kier alpha value is -1.59. The molecule has 0 aliphatic carbocycles. The number of rotatable bonds is 5. The number of aryl methyl sites for hydroxylation is 1. The Morgan fingerprint density at radius 1 is 1.29 bits per heavy atom. The van der Waals surface area contributed by atoms with Crippen molar-refractivity contribution in [3.8, 4) is 0 Å². The summed E-state index contributed by atoms with van der Waals surface area (Å²) in [7, 11) is 0. The van der Waals surface area contributed by atoms with Crippen LogP contribution in [0.3, 0.4) is 0 Å². The topological polar surface area (TPSA) is 94.8 Å². The molecule has 0 saturated heterocycles. The number of aliphatic hydroxyl groups is 1. The number of carboxylic acids is 2. The predicted molar refractivity (Wildman–Crippen MR) is 60.0 cm³/mol. The maximum absolute atomic E-state index is 10.5. The average Bonchev–Trinajstić information content (AvgIpc) is 2.26. The van der Waals surface area contributed by atoms with Gasteiger partial charge < -0.3 is 15.3 Å². The molecule has 1 rings (SSSR count). The van der Waals surface area contributed by atoms with E-state index in [1.165, 1.54) is 18.2 Å². The van der Waals surface area contributed by atoms with Gasteiger partial charge in [0.2, 0.25) is 0 Å². The Balaban J connectivity index is 2.86. The van der Waals surface area contributed by atoms with Crippen molar-refractivity contribution in [1.82, 2.24) is 0 Å². The largest absolute Gasteiger partial charge is 0.481 e. The van der Waals surface area contributed by atoms with Crippen molar-refractivity contribution in [2.75, 3.05) is 0 Å². The minimum atomic E-state index is -1.62. The van der Waals surface area contributed by atoms with Crippen LogP contribution in [0.4, 0.5) is 0 Å². The highest BCUT2D eigenvalue weighted by Crippen LogP contribution is 2.23. The minimum Gasteiger partial charge on any atom is -0.481 e. The second-order valence-corrected chi connectivity index (χ2v) is 3.89. The zero-order chi connectivity index (χ0) is 13.0. The molecule has 0 aliphatic heterocycles. The number of halogens is 1. The van der Waals surface area contributed by atoms with Crippen molar-refractivity contribution >= 4 is 23.5 Å². The number of aliphatic carboxylic acids is 2. The Morgan fingerprint density at radius 2 is 1.94 bits per heavy atom. The fourth-order valence-corrected chi connectivity index (χ4v) is 1.60. The molecule has 5 nitrogen and oxygen atoms in total. The van der Waals surface area contributed by atoms with Gasteiger partial charge in [0.1, 0.15) is 0 Å². The first-order valence-corrected chi connectivity index (χ1v) is 5.20.